The van der Waals surface area contributed by atoms with Crippen molar-refractivity contribution in [1.29, 1.82) is 0 Å². The Morgan fingerprint density at radius 2 is 1.76 bits per heavy atom. The van der Waals surface area contributed by atoms with Gasteiger partial charge in [-0.15, -0.1) is 0 Å². The van der Waals surface area contributed by atoms with Crippen LogP contribution in [0.25, 0.3) is 11.3 Å². The van der Waals surface area contributed by atoms with Crippen LogP contribution in [0, 0.1) is 29.3 Å². The molecular weight excluding hydrogens is 539 g/mol. The molecule has 216 valence electrons. The third kappa shape index (κ3) is 6.54. The second kappa shape index (κ2) is 12.5. The van der Waals surface area contributed by atoms with E-state index < -0.39 is 52.5 Å². The van der Waals surface area contributed by atoms with E-state index in [0.717, 1.165) is 24.3 Å². The summed E-state index contributed by atoms with van der Waals surface area (Å²) in [4.78, 5) is 44.2. The number of amides is 3. The largest absolute Gasteiger partial charge is 0.370 e. The van der Waals surface area contributed by atoms with Gasteiger partial charge in [-0.2, -0.15) is 0 Å². The maximum Gasteiger partial charge on any atom is 0.274 e. The molecule has 3 N–H and O–H groups in total. The number of hydrogen-bond donors (Lipinski definition) is 3. The predicted molar refractivity (Wildman–Crippen MR) is 145 cm³/mol. The van der Waals surface area contributed by atoms with Crippen molar-refractivity contribution >= 4 is 29.6 Å². The molecule has 1 aromatic carbocycles. The molecule has 12 heteroatoms. The molecule has 3 aromatic rings. The van der Waals surface area contributed by atoms with Crippen molar-refractivity contribution in [2.24, 2.45) is 11.8 Å². The second-order valence-corrected chi connectivity index (χ2v) is 10.2. The van der Waals surface area contributed by atoms with Gasteiger partial charge in [0.25, 0.3) is 5.91 Å². The molecule has 0 bridgehead atoms. The van der Waals surface area contributed by atoms with E-state index in [2.05, 4.69) is 25.9 Å². The predicted octanol–water partition coefficient (Wildman–Crippen LogP) is 5.01. The highest BCUT2D eigenvalue weighted by molar-refractivity contribution is 6.03. The van der Waals surface area contributed by atoms with Gasteiger partial charge in [0.05, 0.1) is 29.7 Å². The Hall–Kier alpha value is -4.32. The van der Waals surface area contributed by atoms with Gasteiger partial charge in [0.15, 0.2) is 0 Å². The fourth-order valence-corrected chi connectivity index (χ4v) is 4.60. The number of nitrogens with one attached hydrogen (secondary N) is 3. The third-order valence-electron chi connectivity index (χ3n) is 7.10. The first-order valence-corrected chi connectivity index (χ1v) is 13.1. The Kier molecular flexibility index (Phi) is 9.01. The molecule has 0 aliphatic carbocycles. The smallest absolute Gasteiger partial charge is 0.274 e. The molecule has 4 unspecified atom stereocenters. The number of carbonyl (C=O) groups excluding carboxylic acids is 3. The van der Waals surface area contributed by atoms with Gasteiger partial charge in [-0.05, 0) is 43.7 Å². The molecule has 0 spiro atoms. The average Bonchev–Trinajstić information content (AvgIpc) is 2.92. The second-order valence-electron chi connectivity index (χ2n) is 10.2. The van der Waals surface area contributed by atoms with Crippen LogP contribution in [-0.4, -0.2) is 40.3 Å². The van der Waals surface area contributed by atoms with Gasteiger partial charge in [0.1, 0.15) is 28.8 Å². The Morgan fingerprint density at radius 1 is 1.05 bits per heavy atom. The summed E-state index contributed by atoms with van der Waals surface area (Å²) in [7, 11) is 0. The minimum Gasteiger partial charge on any atom is -0.370 e. The normalized spacial score (nSPS) is 20.4. The zero-order valence-corrected chi connectivity index (χ0v) is 22.9. The number of aromatic nitrogens is 2. The van der Waals surface area contributed by atoms with Crippen molar-refractivity contribution < 1.29 is 32.3 Å². The summed E-state index contributed by atoms with van der Waals surface area (Å²) in [5.41, 5.74) is -1.04. The summed E-state index contributed by atoms with van der Waals surface area (Å²) in [6.07, 6.45) is 3.36. The fraction of sp³-hybridized carbons (Fsp3) is 0.345. The van der Waals surface area contributed by atoms with Crippen LogP contribution < -0.4 is 16.0 Å². The van der Waals surface area contributed by atoms with Crippen LogP contribution in [0.4, 0.5) is 24.5 Å². The van der Waals surface area contributed by atoms with E-state index in [1.807, 2.05) is 13.8 Å². The van der Waals surface area contributed by atoms with Crippen LogP contribution in [-0.2, 0) is 14.3 Å². The summed E-state index contributed by atoms with van der Waals surface area (Å²) in [6, 6.07) is 5.20. The van der Waals surface area contributed by atoms with Gasteiger partial charge in [0, 0.05) is 35.3 Å². The Bertz CT molecular complexity index is 1450. The lowest BCUT2D eigenvalue weighted by Crippen LogP contribution is -2.45. The summed E-state index contributed by atoms with van der Waals surface area (Å²) in [5, 5.41) is 7.87. The number of hydrogen-bond acceptors (Lipinski definition) is 6. The summed E-state index contributed by atoms with van der Waals surface area (Å²) < 4.78 is 50.8. The van der Waals surface area contributed by atoms with E-state index in [4.69, 9.17) is 4.74 Å². The van der Waals surface area contributed by atoms with E-state index in [1.165, 1.54) is 12.4 Å². The van der Waals surface area contributed by atoms with Gasteiger partial charge in [0.2, 0.25) is 12.3 Å². The number of benzene rings is 1. The highest BCUT2D eigenvalue weighted by Crippen LogP contribution is 2.37. The van der Waals surface area contributed by atoms with Crippen LogP contribution in [0.2, 0.25) is 0 Å². The molecule has 4 atom stereocenters. The van der Waals surface area contributed by atoms with Crippen molar-refractivity contribution in [1.82, 2.24) is 15.3 Å². The minimum atomic E-state index is -1.17. The lowest BCUT2D eigenvalue weighted by molar-refractivity contribution is -0.119. The number of pyridine rings is 2. The number of anilines is 2. The van der Waals surface area contributed by atoms with E-state index in [1.54, 1.807) is 19.9 Å². The zero-order chi connectivity index (χ0) is 29.8. The molecule has 3 amide bonds. The summed E-state index contributed by atoms with van der Waals surface area (Å²) >= 11 is 0. The molecule has 3 heterocycles. The van der Waals surface area contributed by atoms with Gasteiger partial charge in [-0.25, -0.2) is 18.2 Å². The third-order valence-corrected chi connectivity index (χ3v) is 7.10. The van der Waals surface area contributed by atoms with Crippen molar-refractivity contribution in [3.05, 3.63) is 71.4 Å². The fourth-order valence-electron chi connectivity index (χ4n) is 4.60. The van der Waals surface area contributed by atoms with Crippen LogP contribution >= 0.6 is 0 Å². The number of ether oxygens (including phenoxy) is 1. The Morgan fingerprint density at radius 3 is 2.41 bits per heavy atom. The number of halogens is 3. The lowest BCUT2D eigenvalue weighted by atomic mass is 9.86. The van der Waals surface area contributed by atoms with Crippen molar-refractivity contribution in [3.63, 3.8) is 0 Å². The van der Waals surface area contributed by atoms with Crippen molar-refractivity contribution in [2.45, 2.75) is 52.4 Å². The van der Waals surface area contributed by atoms with Crippen LogP contribution in [0.15, 0.2) is 42.7 Å². The molecule has 41 heavy (non-hydrogen) atoms. The van der Waals surface area contributed by atoms with Gasteiger partial charge < -0.3 is 20.7 Å². The topological polar surface area (TPSA) is 122 Å². The van der Waals surface area contributed by atoms with E-state index in [9.17, 15) is 27.6 Å². The Labute approximate surface area is 234 Å². The summed E-state index contributed by atoms with van der Waals surface area (Å²) in [5.74, 6) is -4.99. The maximum absolute atomic E-state index is 15.0. The Balaban J connectivity index is 1.61. The number of carbonyl (C=O) groups is 3. The first-order chi connectivity index (χ1) is 19.5. The molecule has 1 aliphatic heterocycles. The number of rotatable bonds is 8. The van der Waals surface area contributed by atoms with Crippen LogP contribution in [0.1, 0.15) is 56.3 Å². The monoisotopic (exact) mass is 569 g/mol. The van der Waals surface area contributed by atoms with Gasteiger partial charge in [-0.1, -0.05) is 20.8 Å². The maximum atomic E-state index is 15.0. The molecule has 1 fully saturated rings. The molecule has 0 saturated carbocycles. The van der Waals surface area contributed by atoms with E-state index in [0.29, 0.717) is 24.1 Å². The molecule has 9 nitrogen and oxygen atoms in total. The molecule has 2 aromatic heterocycles. The average molecular weight is 570 g/mol. The highest BCUT2D eigenvalue weighted by Gasteiger charge is 2.35. The van der Waals surface area contributed by atoms with E-state index >= 15 is 0 Å². The summed E-state index contributed by atoms with van der Waals surface area (Å²) in [6.45, 7) is 7.09. The molecule has 4 rings (SSSR count). The first kappa shape index (κ1) is 29.7. The lowest BCUT2D eigenvalue weighted by Gasteiger charge is -2.39. The SMILES string of the molecule is CC(C)C(=O)Nc1cc(F)c(-c2nc(C(=O)Nc3cnccc3C3CC(NC=O)C(C)C(C)O3)ccc2F)c(F)c1. The van der Waals surface area contributed by atoms with Crippen molar-refractivity contribution in [3.8, 4) is 11.3 Å². The van der Waals surface area contributed by atoms with Crippen LogP contribution in [0.5, 0.6) is 0 Å². The zero-order valence-electron chi connectivity index (χ0n) is 22.9. The van der Waals surface area contributed by atoms with Gasteiger partial charge >= 0.3 is 0 Å². The minimum absolute atomic E-state index is 0.0551. The quantitative estimate of drug-likeness (QED) is 0.328. The van der Waals surface area contributed by atoms with Crippen molar-refractivity contribution in [2.75, 3.05) is 10.6 Å². The number of nitrogens with zero attached hydrogens (tertiary/aromatic N) is 2. The highest BCUT2D eigenvalue weighted by atomic mass is 19.1. The molecular formula is C29H30F3N5O4. The molecule has 0 radical (unpaired) electrons. The molecule has 1 aliphatic rings. The van der Waals surface area contributed by atoms with Gasteiger partial charge in [-0.3, -0.25) is 19.4 Å². The van der Waals surface area contributed by atoms with E-state index in [-0.39, 0.29) is 29.4 Å². The first-order valence-electron chi connectivity index (χ1n) is 13.1. The standard InChI is InChI=1S/C29H30F3N5O4/c1-14(2)28(39)35-17-9-20(31)26(21(32)10-17)27-19(30)5-6-22(36-27)29(40)37-24-12-33-8-7-18(24)25-11-23(34-13-38)15(3)16(4)41-25/h5-10,12-16,23,25H,11H2,1-4H3,(H,34,38)(H,35,39)(H,37,40). The molecule has 1 saturated heterocycles. The van der Waals surface area contributed by atoms with Crippen LogP contribution in [0.3, 0.4) is 0 Å².